The van der Waals surface area contributed by atoms with E-state index in [0.29, 0.717) is 28.4 Å². The first-order valence-electron chi connectivity index (χ1n) is 7.92. The molecule has 2 aromatic rings. The number of hydrogen-bond acceptors (Lipinski definition) is 3. The normalized spacial score (nSPS) is 18.3. The molecule has 1 fully saturated rings. The van der Waals surface area contributed by atoms with Crippen molar-refractivity contribution in [3.63, 3.8) is 0 Å². The zero-order valence-corrected chi connectivity index (χ0v) is 14.3. The van der Waals surface area contributed by atoms with Crippen molar-refractivity contribution in [3.8, 4) is 0 Å². The van der Waals surface area contributed by atoms with Crippen LogP contribution in [-0.2, 0) is 9.59 Å². The maximum Gasteiger partial charge on any atom is 0.228 e. The smallest absolute Gasteiger partial charge is 0.228 e. The number of amides is 2. The monoisotopic (exact) mass is 356 g/mol. The topological polar surface area (TPSA) is 75.3 Å². The van der Waals surface area contributed by atoms with Gasteiger partial charge < -0.3 is 10.6 Å². The molecule has 1 saturated carbocycles. The third-order valence-corrected chi connectivity index (χ3v) is 4.35. The van der Waals surface area contributed by atoms with Gasteiger partial charge in [-0.15, -0.1) is 0 Å². The summed E-state index contributed by atoms with van der Waals surface area (Å²) >= 11 is 5.89. The zero-order chi connectivity index (χ0) is 18.0. The Kier molecular flexibility index (Phi) is 4.86. The van der Waals surface area contributed by atoms with Crippen molar-refractivity contribution < 1.29 is 14.4 Å². The Morgan fingerprint density at radius 3 is 2.08 bits per heavy atom. The molecule has 2 atom stereocenters. The highest BCUT2D eigenvalue weighted by Crippen LogP contribution is 2.40. The number of Topliss-reactive ketones (excluding diaryl/α,β-unsaturated/α-hetero) is 1. The van der Waals surface area contributed by atoms with Gasteiger partial charge in [-0.05, 0) is 55.8 Å². The first-order valence-corrected chi connectivity index (χ1v) is 8.30. The maximum atomic E-state index is 12.2. The van der Waals surface area contributed by atoms with E-state index in [9.17, 15) is 14.4 Å². The van der Waals surface area contributed by atoms with Crippen molar-refractivity contribution in [2.75, 3.05) is 10.6 Å². The predicted molar refractivity (Wildman–Crippen MR) is 96.8 cm³/mol. The number of carbonyl (C=O) groups is 3. The number of anilines is 2. The second kappa shape index (κ2) is 7.07. The van der Waals surface area contributed by atoms with Crippen LogP contribution in [-0.4, -0.2) is 17.6 Å². The van der Waals surface area contributed by atoms with Crippen molar-refractivity contribution in [1.82, 2.24) is 0 Å². The van der Waals surface area contributed by atoms with E-state index in [-0.39, 0.29) is 29.4 Å². The van der Waals surface area contributed by atoms with Gasteiger partial charge in [0.05, 0.1) is 11.8 Å². The summed E-state index contributed by atoms with van der Waals surface area (Å²) in [6.45, 7) is 1.49. The van der Waals surface area contributed by atoms with Crippen LogP contribution in [0.2, 0.25) is 5.02 Å². The maximum absolute atomic E-state index is 12.2. The number of ketones is 1. The Bertz CT molecular complexity index is 833. The molecule has 0 saturated heterocycles. The third-order valence-electron chi connectivity index (χ3n) is 4.12. The van der Waals surface area contributed by atoms with E-state index < -0.39 is 0 Å². The third kappa shape index (κ3) is 4.25. The fraction of sp³-hybridized carbons (Fsp3) is 0.211. The van der Waals surface area contributed by atoms with Crippen LogP contribution < -0.4 is 10.6 Å². The largest absolute Gasteiger partial charge is 0.326 e. The molecule has 0 bridgehead atoms. The summed E-state index contributed by atoms with van der Waals surface area (Å²) in [6, 6.07) is 13.6. The first kappa shape index (κ1) is 17.2. The zero-order valence-electron chi connectivity index (χ0n) is 13.6. The average Bonchev–Trinajstić information content (AvgIpc) is 3.36. The van der Waals surface area contributed by atoms with Crippen LogP contribution in [0.15, 0.2) is 48.5 Å². The molecule has 0 aromatic heterocycles. The lowest BCUT2D eigenvalue weighted by atomic mass is 10.1. The van der Waals surface area contributed by atoms with E-state index in [1.807, 2.05) is 0 Å². The molecule has 2 N–H and O–H groups in total. The number of halogens is 1. The average molecular weight is 357 g/mol. The molecule has 2 aromatic carbocycles. The van der Waals surface area contributed by atoms with Crippen LogP contribution in [0.25, 0.3) is 0 Å². The highest BCUT2D eigenvalue weighted by Gasteiger charge is 2.48. The van der Waals surface area contributed by atoms with E-state index >= 15 is 0 Å². The van der Waals surface area contributed by atoms with Crippen molar-refractivity contribution in [3.05, 3.63) is 59.1 Å². The molecular weight excluding hydrogens is 340 g/mol. The first-order chi connectivity index (χ1) is 11.9. The van der Waals surface area contributed by atoms with E-state index in [1.54, 1.807) is 48.5 Å². The van der Waals surface area contributed by atoms with Gasteiger partial charge >= 0.3 is 0 Å². The number of rotatable bonds is 5. The van der Waals surface area contributed by atoms with Crippen LogP contribution in [0.3, 0.4) is 0 Å². The van der Waals surface area contributed by atoms with Gasteiger partial charge in [-0.2, -0.15) is 0 Å². The van der Waals surface area contributed by atoms with Gasteiger partial charge in [-0.1, -0.05) is 17.7 Å². The molecule has 0 aliphatic heterocycles. The molecule has 5 nitrogen and oxygen atoms in total. The van der Waals surface area contributed by atoms with Crippen molar-refractivity contribution >= 4 is 40.6 Å². The second-order valence-electron chi connectivity index (χ2n) is 6.07. The van der Waals surface area contributed by atoms with Crippen molar-refractivity contribution in [2.45, 2.75) is 13.3 Å². The van der Waals surface area contributed by atoms with Crippen LogP contribution in [0.1, 0.15) is 23.7 Å². The minimum absolute atomic E-state index is 0.0298. The number of benzene rings is 2. The van der Waals surface area contributed by atoms with Gasteiger partial charge in [0.25, 0.3) is 0 Å². The van der Waals surface area contributed by atoms with Crippen molar-refractivity contribution in [1.29, 1.82) is 0 Å². The summed E-state index contributed by atoms with van der Waals surface area (Å²) in [5.74, 6) is -1.09. The van der Waals surface area contributed by atoms with E-state index in [1.165, 1.54) is 6.92 Å². The molecule has 2 amide bonds. The minimum Gasteiger partial charge on any atom is -0.326 e. The Morgan fingerprint density at radius 1 is 0.920 bits per heavy atom. The molecule has 128 valence electrons. The lowest BCUT2D eigenvalue weighted by molar-refractivity contribution is -0.122. The summed E-state index contributed by atoms with van der Waals surface area (Å²) in [4.78, 5) is 35.7. The number of hydrogen-bond donors (Lipinski definition) is 2. The standard InChI is InChI=1S/C19H17ClN2O3/c1-11(23)12-5-7-14(8-6-12)21-18(24)16-10-17(16)19(25)22-15-4-2-3-13(20)9-15/h2-9,16-17H,10H2,1H3,(H,21,24)(H,22,25). The SMILES string of the molecule is CC(=O)c1ccc(NC(=O)C2CC2C(=O)Nc2cccc(Cl)c2)cc1. The van der Waals surface area contributed by atoms with E-state index in [0.717, 1.165) is 0 Å². The Balaban J connectivity index is 1.54. The number of carbonyl (C=O) groups excluding carboxylic acids is 3. The van der Waals surface area contributed by atoms with Crippen LogP contribution >= 0.6 is 11.6 Å². The fourth-order valence-corrected chi connectivity index (χ4v) is 2.79. The van der Waals surface area contributed by atoms with Gasteiger partial charge in [-0.3, -0.25) is 14.4 Å². The second-order valence-corrected chi connectivity index (χ2v) is 6.51. The summed E-state index contributed by atoms with van der Waals surface area (Å²) < 4.78 is 0. The van der Waals surface area contributed by atoms with Crippen LogP contribution in [0.5, 0.6) is 0 Å². The number of nitrogens with one attached hydrogen (secondary N) is 2. The van der Waals surface area contributed by atoms with Crippen LogP contribution in [0, 0.1) is 11.8 Å². The molecule has 0 spiro atoms. The molecule has 25 heavy (non-hydrogen) atoms. The molecule has 0 radical (unpaired) electrons. The molecule has 2 unspecified atom stereocenters. The van der Waals surface area contributed by atoms with Gasteiger partial charge in [0.15, 0.2) is 5.78 Å². The van der Waals surface area contributed by atoms with E-state index in [2.05, 4.69) is 10.6 Å². The highest BCUT2D eigenvalue weighted by atomic mass is 35.5. The summed E-state index contributed by atoms with van der Waals surface area (Å²) in [6.07, 6.45) is 0.518. The Labute approximate surface area is 150 Å². The minimum atomic E-state index is -0.341. The molecule has 1 aliphatic rings. The Hall–Kier alpha value is -2.66. The van der Waals surface area contributed by atoms with Gasteiger partial charge in [0.1, 0.15) is 0 Å². The summed E-state index contributed by atoms with van der Waals surface area (Å²) in [5, 5.41) is 6.09. The van der Waals surface area contributed by atoms with Crippen molar-refractivity contribution in [2.24, 2.45) is 11.8 Å². The lowest BCUT2D eigenvalue weighted by Gasteiger charge is -2.07. The Morgan fingerprint density at radius 2 is 1.52 bits per heavy atom. The lowest BCUT2D eigenvalue weighted by Crippen LogP contribution is -2.20. The fourth-order valence-electron chi connectivity index (χ4n) is 2.60. The molecular formula is C19H17ClN2O3. The highest BCUT2D eigenvalue weighted by molar-refractivity contribution is 6.30. The summed E-state index contributed by atoms with van der Waals surface area (Å²) in [5.41, 5.74) is 1.81. The van der Waals surface area contributed by atoms with E-state index in [4.69, 9.17) is 11.6 Å². The van der Waals surface area contributed by atoms with Crippen LogP contribution in [0.4, 0.5) is 11.4 Å². The molecule has 3 rings (SSSR count). The molecule has 1 aliphatic carbocycles. The van der Waals surface area contributed by atoms with Gasteiger partial charge in [-0.25, -0.2) is 0 Å². The predicted octanol–water partition coefficient (Wildman–Crippen LogP) is 3.76. The molecule has 0 heterocycles. The summed E-state index contributed by atoms with van der Waals surface area (Å²) in [7, 11) is 0. The quantitative estimate of drug-likeness (QED) is 0.801. The molecule has 6 heteroatoms. The van der Waals surface area contributed by atoms with Gasteiger partial charge in [0, 0.05) is 22.0 Å². The van der Waals surface area contributed by atoms with Gasteiger partial charge in [0.2, 0.25) is 11.8 Å².